The number of amides is 1. The molecule has 4 nitrogen and oxygen atoms in total. The van der Waals surface area contributed by atoms with E-state index in [1.807, 2.05) is 35.7 Å². The number of hydrazone groups is 1. The first-order chi connectivity index (χ1) is 10.8. The highest BCUT2D eigenvalue weighted by atomic mass is 32.1. The van der Waals surface area contributed by atoms with Crippen LogP contribution < -0.4 is 10.2 Å². The SMILES string of the molecule is CCCCCOc1ccc(/C=N\NC(=O)c2cccs2)cc1. The Kier molecular flexibility index (Phi) is 6.64. The van der Waals surface area contributed by atoms with Crippen LogP contribution in [-0.4, -0.2) is 18.7 Å². The number of carbonyl (C=O) groups is 1. The molecule has 0 aliphatic rings. The number of nitrogens with one attached hydrogen (secondary N) is 1. The van der Waals surface area contributed by atoms with Gasteiger partial charge in [0.05, 0.1) is 17.7 Å². The van der Waals surface area contributed by atoms with Gasteiger partial charge in [-0.2, -0.15) is 5.10 Å². The average Bonchev–Trinajstić information content (AvgIpc) is 3.07. The number of ether oxygens (including phenoxy) is 1. The van der Waals surface area contributed by atoms with Gasteiger partial charge >= 0.3 is 0 Å². The summed E-state index contributed by atoms with van der Waals surface area (Å²) in [5, 5.41) is 5.81. The zero-order valence-corrected chi connectivity index (χ0v) is 13.4. The second kappa shape index (κ2) is 9.00. The Morgan fingerprint density at radius 1 is 1.27 bits per heavy atom. The maximum absolute atomic E-state index is 11.7. The van der Waals surface area contributed by atoms with E-state index < -0.39 is 0 Å². The van der Waals surface area contributed by atoms with Gasteiger partial charge in [-0.3, -0.25) is 4.79 Å². The highest BCUT2D eigenvalue weighted by Crippen LogP contribution is 2.12. The van der Waals surface area contributed by atoms with Crippen LogP contribution in [0.1, 0.15) is 41.4 Å². The molecule has 2 rings (SSSR count). The van der Waals surface area contributed by atoms with Gasteiger partial charge in [-0.05, 0) is 47.7 Å². The van der Waals surface area contributed by atoms with E-state index in [1.54, 1.807) is 12.3 Å². The number of unbranched alkanes of at least 4 members (excludes halogenated alkanes) is 2. The Hall–Kier alpha value is -2.14. The van der Waals surface area contributed by atoms with Crippen molar-refractivity contribution in [3.63, 3.8) is 0 Å². The van der Waals surface area contributed by atoms with Crippen molar-refractivity contribution < 1.29 is 9.53 Å². The van der Waals surface area contributed by atoms with E-state index in [9.17, 15) is 4.79 Å². The van der Waals surface area contributed by atoms with Gasteiger partial charge in [0.15, 0.2) is 0 Å². The molecule has 1 heterocycles. The molecule has 1 N–H and O–H groups in total. The van der Waals surface area contributed by atoms with Crippen LogP contribution in [0.2, 0.25) is 0 Å². The van der Waals surface area contributed by atoms with Gasteiger partial charge in [0, 0.05) is 0 Å². The number of hydrogen-bond acceptors (Lipinski definition) is 4. The summed E-state index contributed by atoms with van der Waals surface area (Å²) in [5.41, 5.74) is 3.42. The number of hydrogen-bond donors (Lipinski definition) is 1. The molecule has 1 amide bonds. The van der Waals surface area contributed by atoms with E-state index in [4.69, 9.17) is 4.74 Å². The number of nitrogens with zero attached hydrogens (tertiary/aromatic N) is 1. The lowest BCUT2D eigenvalue weighted by Gasteiger charge is -2.05. The smallest absolute Gasteiger partial charge is 0.281 e. The van der Waals surface area contributed by atoms with Gasteiger partial charge in [-0.25, -0.2) is 5.43 Å². The zero-order valence-electron chi connectivity index (χ0n) is 12.6. The van der Waals surface area contributed by atoms with Crippen LogP contribution >= 0.6 is 11.3 Å². The van der Waals surface area contributed by atoms with Gasteiger partial charge in [0.2, 0.25) is 0 Å². The first kappa shape index (κ1) is 16.2. The second-order valence-corrected chi connectivity index (χ2v) is 5.75. The normalized spacial score (nSPS) is 10.8. The minimum absolute atomic E-state index is 0.192. The molecule has 22 heavy (non-hydrogen) atoms. The molecule has 0 saturated heterocycles. The summed E-state index contributed by atoms with van der Waals surface area (Å²) in [6.45, 7) is 2.92. The van der Waals surface area contributed by atoms with Crippen molar-refractivity contribution in [3.8, 4) is 5.75 Å². The Balaban J connectivity index is 1.78. The highest BCUT2D eigenvalue weighted by molar-refractivity contribution is 7.12. The van der Waals surface area contributed by atoms with Gasteiger partial charge in [-0.1, -0.05) is 25.8 Å². The van der Waals surface area contributed by atoms with E-state index in [0.29, 0.717) is 4.88 Å². The first-order valence-electron chi connectivity index (χ1n) is 7.39. The molecule has 0 spiro atoms. The lowest BCUT2D eigenvalue weighted by Crippen LogP contribution is -2.16. The predicted molar refractivity (Wildman–Crippen MR) is 90.8 cm³/mol. The summed E-state index contributed by atoms with van der Waals surface area (Å²) in [5.74, 6) is 0.665. The summed E-state index contributed by atoms with van der Waals surface area (Å²) in [6.07, 6.45) is 5.07. The fourth-order valence-corrected chi connectivity index (χ4v) is 2.43. The largest absolute Gasteiger partial charge is 0.494 e. The maximum Gasteiger partial charge on any atom is 0.281 e. The van der Waals surface area contributed by atoms with Crippen LogP contribution in [0.15, 0.2) is 46.9 Å². The molecule has 0 unspecified atom stereocenters. The summed E-state index contributed by atoms with van der Waals surface area (Å²) in [7, 11) is 0. The molecular formula is C17H20N2O2S. The topological polar surface area (TPSA) is 50.7 Å². The highest BCUT2D eigenvalue weighted by Gasteiger charge is 2.03. The quantitative estimate of drug-likeness (QED) is 0.453. The molecule has 0 atom stereocenters. The van der Waals surface area contributed by atoms with Crippen LogP contribution in [0.4, 0.5) is 0 Å². The molecule has 0 bridgehead atoms. The van der Waals surface area contributed by atoms with Crippen molar-refractivity contribution in [2.45, 2.75) is 26.2 Å². The van der Waals surface area contributed by atoms with E-state index in [1.165, 1.54) is 24.2 Å². The summed E-state index contributed by atoms with van der Waals surface area (Å²) in [4.78, 5) is 12.3. The van der Waals surface area contributed by atoms with Gasteiger partial charge in [0.1, 0.15) is 5.75 Å². The van der Waals surface area contributed by atoms with E-state index in [-0.39, 0.29) is 5.91 Å². The van der Waals surface area contributed by atoms with Crippen LogP contribution in [0.5, 0.6) is 5.75 Å². The Bertz CT molecular complexity index is 592. The fourth-order valence-electron chi connectivity index (χ4n) is 1.82. The second-order valence-electron chi connectivity index (χ2n) is 4.80. The predicted octanol–water partition coefficient (Wildman–Crippen LogP) is 4.08. The van der Waals surface area contributed by atoms with Crippen molar-refractivity contribution in [3.05, 3.63) is 52.2 Å². The van der Waals surface area contributed by atoms with Crippen molar-refractivity contribution in [1.82, 2.24) is 5.43 Å². The third kappa shape index (κ3) is 5.33. The molecule has 2 aromatic rings. The molecule has 1 aromatic carbocycles. The third-order valence-corrected chi connectivity index (χ3v) is 3.89. The van der Waals surface area contributed by atoms with Crippen LogP contribution in [-0.2, 0) is 0 Å². The zero-order chi connectivity index (χ0) is 15.6. The molecule has 0 aliphatic heterocycles. The Morgan fingerprint density at radius 2 is 2.09 bits per heavy atom. The molecule has 5 heteroatoms. The lowest BCUT2D eigenvalue weighted by molar-refractivity contribution is 0.0959. The van der Waals surface area contributed by atoms with Crippen LogP contribution in [0.25, 0.3) is 0 Å². The van der Waals surface area contributed by atoms with Crippen LogP contribution in [0, 0.1) is 0 Å². The summed E-state index contributed by atoms with van der Waals surface area (Å²) >= 11 is 1.39. The molecule has 116 valence electrons. The van der Waals surface area contributed by atoms with Gasteiger partial charge in [-0.15, -0.1) is 11.3 Å². The summed E-state index contributed by atoms with van der Waals surface area (Å²) < 4.78 is 5.64. The van der Waals surface area contributed by atoms with Gasteiger partial charge in [0.25, 0.3) is 5.91 Å². The van der Waals surface area contributed by atoms with E-state index >= 15 is 0 Å². The third-order valence-electron chi connectivity index (χ3n) is 3.02. The standard InChI is InChI=1S/C17H20N2O2S/c1-2-3-4-11-21-15-9-7-14(8-10-15)13-18-19-17(20)16-6-5-12-22-16/h5-10,12-13H,2-4,11H2,1H3,(H,19,20)/b18-13-. The maximum atomic E-state index is 11.7. The lowest BCUT2D eigenvalue weighted by atomic mass is 10.2. The fraction of sp³-hybridized carbons (Fsp3) is 0.294. The number of thiophene rings is 1. The molecule has 0 saturated carbocycles. The van der Waals surface area contributed by atoms with E-state index in [0.717, 1.165) is 24.3 Å². The van der Waals surface area contributed by atoms with Crippen molar-refractivity contribution in [2.75, 3.05) is 6.61 Å². The number of benzene rings is 1. The van der Waals surface area contributed by atoms with Crippen molar-refractivity contribution in [2.24, 2.45) is 5.10 Å². The number of carbonyl (C=O) groups excluding carboxylic acids is 1. The van der Waals surface area contributed by atoms with Gasteiger partial charge < -0.3 is 4.74 Å². The van der Waals surface area contributed by atoms with Crippen molar-refractivity contribution in [1.29, 1.82) is 0 Å². The molecule has 0 fully saturated rings. The van der Waals surface area contributed by atoms with E-state index in [2.05, 4.69) is 17.5 Å². The van der Waals surface area contributed by atoms with Crippen molar-refractivity contribution >= 4 is 23.5 Å². The monoisotopic (exact) mass is 316 g/mol. The summed E-state index contributed by atoms with van der Waals surface area (Å²) in [6, 6.07) is 11.2. The average molecular weight is 316 g/mol. The molecular weight excluding hydrogens is 296 g/mol. The molecule has 0 aliphatic carbocycles. The minimum atomic E-state index is -0.192. The van der Waals surface area contributed by atoms with Crippen LogP contribution in [0.3, 0.4) is 0 Å². The Morgan fingerprint density at radius 3 is 2.77 bits per heavy atom. The number of rotatable bonds is 8. The Labute approximate surface area is 134 Å². The first-order valence-corrected chi connectivity index (χ1v) is 8.27. The minimum Gasteiger partial charge on any atom is -0.494 e. The molecule has 0 radical (unpaired) electrons. The molecule has 1 aromatic heterocycles.